The summed E-state index contributed by atoms with van der Waals surface area (Å²) in [4.78, 5) is 6.88. The van der Waals surface area contributed by atoms with E-state index < -0.39 is 0 Å². The van der Waals surface area contributed by atoms with Crippen molar-refractivity contribution in [1.29, 1.82) is 0 Å². The number of guanidine groups is 1. The molecule has 0 amide bonds. The number of hydrogen-bond acceptors (Lipinski definition) is 2. The fraction of sp³-hybridized carbons (Fsp3) is 0.632. The van der Waals surface area contributed by atoms with Crippen LogP contribution < -0.4 is 10.6 Å². The Kier molecular flexibility index (Phi) is 7.40. The van der Waals surface area contributed by atoms with Crippen LogP contribution in [0.25, 0.3) is 0 Å². The summed E-state index contributed by atoms with van der Waals surface area (Å²) in [5.74, 6) is 1.67. The van der Waals surface area contributed by atoms with Crippen LogP contribution in [0.2, 0.25) is 0 Å². The van der Waals surface area contributed by atoms with Gasteiger partial charge in [0.25, 0.3) is 0 Å². The molecule has 0 aromatic heterocycles. The highest BCUT2D eigenvalue weighted by molar-refractivity contribution is 5.79. The Balaban J connectivity index is 1.67. The molecule has 1 aromatic rings. The minimum atomic E-state index is 0.414. The van der Waals surface area contributed by atoms with E-state index in [1.807, 2.05) is 7.05 Å². The van der Waals surface area contributed by atoms with Crippen LogP contribution in [0.3, 0.4) is 0 Å². The molecule has 1 aliphatic heterocycles. The fourth-order valence-corrected chi connectivity index (χ4v) is 3.14. The molecule has 0 saturated carbocycles. The number of aryl methyl sites for hydroxylation is 1. The number of hydrogen-bond donors (Lipinski definition) is 2. The molecule has 4 nitrogen and oxygen atoms in total. The van der Waals surface area contributed by atoms with Crippen LogP contribution in [-0.2, 0) is 6.42 Å². The molecule has 2 unspecified atom stereocenters. The molecule has 1 saturated heterocycles. The van der Waals surface area contributed by atoms with E-state index in [-0.39, 0.29) is 0 Å². The number of nitrogens with zero attached hydrogens (tertiary/aromatic N) is 2. The second-order valence-electron chi connectivity index (χ2n) is 6.57. The summed E-state index contributed by atoms with van der Waals surface area (Å²) in [6, 6.07) is 11.1. The van der Waals surface area contributed by atoms with E-state index in [0.29, 0.717) is 6.04 Å². The van der Waals surface area contributed by atoms with Crippen molar-refractivity contribution >= 4 is 5.96 Å². The minimum Gasteiger partial charge on any atom is -0.356 e. The van der Waals surface area contributed by atoms with Crippen molar-refractivity contribution < 1.29 is 0 Å². The van der Waals surface area contributed by atoms with Gasteiger partial charge < -0.3 is 15.5 Å². The number of aliphatic imine (C=N–C) groups is 1. The average Bonchev–Trinajstić information content (AvgIpc) is 3.05. The van der Waals surface area contributed by atoms with Gasteiger partial charge in [-0.05, 0) is 50.8 Å². The van der Waals surface area contributed by atoms with Crippen LogP contribution in [0.15, 0.2) is 35.3 Å². The Hall–Kier alpha value is -1.55. The highest BCUT2D eigenvalue weighted by Crippen LogP contribution is 2.14. The molecule has 23 heavy (non-hydrogen) atoms. The van der Waals surface area contributed by atoms with Gasteiger partial charge in [0, 0.05) is 26.2 Å². The fourth-order valence-electron chi connectivity index (χ4n) is 3.14. The van der Waals surface area contributed by atoms with E-state index in [0.717, 1.165) is 31.3 Å². The Morgan fingerprint density at radius 2 is 2.13 bits per heavy atom. The molecule has 1 aliphatic rings. The van der Waals surface area contributed by atoms with Gasteiger partial charge in [-0.1, -0.05) is 37.3 Å². The molecule has 2 rings (SSSR count). The zero-order chi connectivity index (χ0) is 16.5. The van der Waals surface area contributed by atoms with E-state index in [1.54, 1.807) is 0 Å². The molecule has 0 radical (unpaired) electrons. The Morgan fingerprint density at radius 3 is 2.78 bits per heavy atom. The lowest BCUT2D eigenvalue weighted by Gasteiger charge is -2.20. The van der Waals surface area contributed by atoms with Crippen molar-refractivity contribution in [2.24, 2.45) is 10.9 Å². The maximum atomic E-state index is 4.36. The maximum absolute atomic E-state index is 4.36. The zero-order valence-electron chi connectivity index (χ0n) is 14.9. The second-order valence-corrected chi connectivity index (χ2v) is 6.57. The lowest BCUT2D eigenvalue weighted by molar-refractivity contribution is 0.341. The van der Waals surface area contributed by atoms with Gasteiger partial charge in [0.1, 0.15) is 0 Å². The molecule has 2 atom stereocenters. The smallest absolute Gasteiger partial charge is 0.191 e. The lowest BCUT2D eigenvalue weighted by Crippen LogP contribution is -2.44. The standard InChI is InChI=1S/C19H32N4/c1-4-23-13-12-18(15-23)14-21-19(20-3)22-16(2)10-11-17-8-6-5-7-9-17/h5-9,16,18H,4,10-15H2,1-3H3,(H2,20,21,22). The maximum Gasteiger partial charge on any atom is 0.191 e. The van der Waals surface area contributed by atoms with Gasteiger partial charge >= 0.3 is 0 Å². The van der Waals surface area contributed by atoms with Crippen molar-refractivity contribution in [3.8, 4) is 0 Å². The molecule has 128 valence electrons. The quantitative estimate of drug-likeness (QED) is 0.600. The summed E-state index contributed by atoms with van der Waals surface area (Å²) in [5.41, 5.74) is 1.40. The lowest BCUT2D eigenvalue weighted by atomic mass is 10.1. The van der Waals surface area contributed by atoms with Gasteiger partial charge in [0.05, 0.1) is 0 Å². The molecule has 0 bridgehead atoms. The predicted octanol–water partition coefficient (Wildman–Crippen LogP) is 2.51. The van der Waals surface area contributed by atoms with Crippen LogP contribution in [-0.4, -0.2) is 50.1 Å². The molecule has 0 spiro atoms. The minimum absolute atomic E-state index is 0.414. The second kappa shape index (κ2) is 9.56. The molecular weight excluding hydrogens is 284 g/mol. The summed E-state index contributed by atoms with van der Waals surface area (Å²) in [5, 5.41) is 7.01. The van der Waals surface area contributed by atoms with Crippen LogP contribution in [0.1, 0.15) is 32.3 Å². The largest absolute Gasteiger partial charge is 0.356 e. The Morgan fingerprint density at radius 1 is 1.35 bits per heavy atom. The SMILES string of the molecule is CCN1CCC(CNC(=NC)NC(C)CCc2ccccc2)C1. The van der Waals surface area contributed by atoms with Gasteiger partial charge in [-0.25, -0.2) is 0 Å². The first-order valence-electron chi connectivity index (χ1n) is 8.94. The number of nitrogens with one attached hydrogen (secondary N) is 2. The first-order valence-corrected chi connectivity index (χ1v) is 8.94. The molecule has 1 aromatic carbocycles. The number of rotatable bonds is 7. The van der Waals surface area contributed by atoms with Crippen LogP contribution in [0.4, 0.5) is 0 Å². The highest BCUT2D eigenvalue weighted by atomic mass is 15.2. The Bertz CT molecular complexity index is 472. The Labute approximate surface area is 141 Å². The third kappa shape index (κ3) is 6.22. The van der Waals surface area contributed by atoms with E-state index >= 15 is 0 Å². The van der Waals surface area contributed by atoms with Gasteiger partial charge in [0.15, 0.2) is 5.96 Å². The summed E-state index contributed by atoms with van der Waals surface area (Å²) >= 11 is 0. The predicted molar refractivity (Wildman–Crippen MR) is 98.9 cm³/mol. The topological polar surface area (TPSA) is 39.7 Å². The van der Waals surface area contributed by atoms with E-state index in [2.05, 4.69) is 64.7 Å². The molecule has 2 N–H and O–H groups in total. The average molecular weight is 316 g/mol. The number of benzene rings is 1. The van der Waals surface area contributed by atoms with Crippen LogP contribution in [0, 0.1) is 5.92 Å². The monoisotopic (exact) mass is 316 g/mol. The van der Waals surface area contributed by atoms with Crippen molar-refractivity contribution in [2.45, 2.75) is 39.2 Å². The van der Waals surface area contributed by atoms with Crippen molar-refractivity contribution in [2.75, 3.05) is 33.2 Å². The molecule has 1 heterocycles. The zero-order valence-corrected chi connectivity index (χ0v) is 14.9. The summed E-state index contributed by atoms with van der Waals surface area (Å²) in [6.07, 6.45) is 3.50. The summed E-state index contributed by atoms with van der Waals surface area (Å²) in [6.45, 7) is 9.10. The van der Waals surface area contributed by atoms with Gasteiger partial charge in [0.2, 0.25) is 0 Å². The first-order chi connectivity index (χ1) is 11.2. The van der Waals surface area contributed by atoms with Crippen molar-refractivity contribution in [3.63, 3.8) is 0 Å². The van der Waals surface area contributed by atoms with Gasteiger partial charge in [-0.3, -0.25) is 4.99 Å². The van der Waals surface area contributed by atoms with Crippen molar-refractivity contribution in [1.82, 2.24) is 15.5 Å². The first kappa shape index (κ1) is 17.8. The highest BCUT2D eigenvalue weighted by Gasteiger charge is 2.21. The number of likely N-dealkylation sites (tertiary alicyclic amines) is 1. The molecule has 0 aliphatic carbocycles. The molecule has 4 heteroatoms. The van der Waals surface area contributed by atoms with Gasteiger partial charge in [-0.2, -0.15) is 0 Å². The molecular formula is C19H32N4. The molecule has 1 fully saturated rings. The third-order valence-electron chi connectivity index (χ3n) is 4.69. The van der Waals surface area contributed by atoms with Crippen molar-refractivity contribution in [3.05, 3.63) is 35.9 Å². The van der Waals surface area contributed by atoms with Gasteiger partial charge in [-0.15, -0.1) is 0 Å². The summed E-state index contributed by atoms with van der Waals surface area (Å²) < 4.78 is 0. The summed E-state index contributed by atoms with van der Waals surface area (Å²) in [7, 11) is 1.85. The van der Waals surface area contributed by atoms with E-state index in [4.69, 9.17) is 0 Å². The third-order valence-corrected chi connectivity index (χ3v) is 4.69. The normalized spacial score (nSPS) is 20.5. The van der Waals surface area contributed by atoms with E-state index in [9.17, 15) is 0 Å². The van der Waals surface area contributed by atoms with Crippen LogP contribution >= 0.6 is 0 Å². The van der Waals surface area contributed by atoms with Crippen LogP contribution in [0.5, 0.6) is 0 Å². The van der Waals surface area contributed by atoms with E-state index in [1.165, 1.54) is 31.6 Å².